The van der Waals surface area contributed by atoms with E-state index in [0.29, 0.717) is 6.04 Å². The van der Waals surface area contributed by atoms with Crippen LogP contribution in [0.4, 0.5) is 0 Å². The predicted octanol–water partition coefficient (Wildman–Crippen LogP) is 3.19. The van der Waals surface area contributed by atoms with Gasteiger partial charge in [-0.05, 0) is 38.6 Å². The Balaban J connectivity index is 1.98. The Kier molecular flexibility index (Phi) is 7.32. The van der Waals surface area contributed by atoms with E-state index in [-0.39, 0.29) is 0 Å². The first-order valence-corrected chi connectivity index (χ1v) is 8.85. The second kappa shape index (κ2) is 9.01. The van der Waals surface area contributed by atoms with E-state index >= 15 is 0 Å². The van der Waals surface area contributed by atoms with E-state index in [1.54, 1.807) is 0 Å². The van der Waals surface area contributed by atoms with Crippen LogP contribution < -0.4 is 5.32 Å². The second-order valence-corrected chi connectivity index (χ2v) is 6.58. The van der Waals surface area contributed by atoms with Crippen molar-refractivity contribution in [1.29, 1.82) is 0 Å². The van der Waals surface area contributed by atoms with Crippen LogP contribution in [-0.2, 0) is 4.74 Å². The van der Waals surface area contributed by atoms with Crippen LogP contribution in [-0.4, -0.2) is 49.8 Å². The zero-order chi connectivity index (χ0) is 14.2. The van der Waals surface area contributed by atoms with Gasteiger partial charge in [0, 0.05) is 31.8 Å². The lowest BCUT2D eigenvalue weighted by Gasteiger charge is -2.39. The van der Waals surface area contributed by atoms with Crippen LogP contribution in [0.3, 0.4) is 0 Å². The largest absolute Gasteiger partial charge is 0.383 e. The molecule has 2 unspecified atom stereocenters. The summed E-state index contributed by atoms with van der Waals surface area (Å²) in [5, 5.41) is 3.85. The molecule has 2 aliphatic rings. The lowest BCUT2D eigenvalue weighted by Crippen LogP contribution is -2.52. The molecule has 2 aliphatic carbocycles. The van der Waals surface area contributed by atoms with Crippen molar-refractivity contribution in [2.75, 3.05) is 26.8 Å². The summed E-state index contributed by atoms with van der Waals surface area (Å²) in [6, 6.07) is 2.29. The summed E-state index contributed by atoms with van der Waals surface area (Å²) in [6.45, 7) is 5.45. The molecule has 0 aromatic carbocycles. The van der Waals surface area contributed by atoms with E-state index in [1.165, 1.54) is 64.3 Å². The minimum absolute atomic E-state index is 0.702. The second-order valence-electron chi connectivity index (χ2n) is 6.58. The van der Waals surface area contributed by atoms with Crippen molar-refractivity contribution >= 4 is 0 Å². The van der Waals surface area contributed by atoms with Crippen molar-refractivity contribution in [3.63, 3.8) is 0 Å². The Labute approximate surface area is 125 Å². The van der Waals surface area contributed by atoms with Crippen molar-refractivity contribution < 1.29 is 4.74 Å². The highest BCUT2D eigenvalue weighted by atomic mass is 16.5. The summed E-state index contributed by atoms with van der Waals surface area (Å²) in [6.07, 6.45) is 12.5. The average Bonchev–Trinajstić information content (AvgIpc) is 3.25. The Bertz CT molecular complexity index is 253. The molecule has 0 aliphatic heterocycles. The summed E-state index contributed by atoms with van der Waals surface area (Å²) < 4.78 is 5.35. The molecule has 0 aromatic rings. The van der Waals surface area contributed by atoms with Crippen LogP contribution in [0.15, 0.2) is 0 Å². The van der Waals surface area contributed by atoms with E-state index in [0.717, 1.165) is 25.2 Å². The summed E-state index contributed by atoms with van der Waals surface area (Å²) >= 11 is 0. The molecule has 2 rings (SSSR count). The molecule has 0 bridgehead atoms. The lowest BCUT2D eigenvalue weighted by atomic mass is 9.90. The molecule has 2 saturated carbocycles. The molecule has 0 spiro atoms. The van der Waals surface area contributed by atoms with E-state index in [1.807, 2.05) is 7.11 Å². The van der Waals surface area contributed by atoms with Gasteiger partial charge in [0.2, 0.25) is 0 Å². The highest BCUT2D eigenvalue weighted by Crippen LogP contribution is 2.32. The van der Waals surface area contributed by atoms with Crippen molar-refractivity contribution in [3.8, 4) is 0 Å². The summed E-state index contributed by atoms with van der Waals surface area (Å²) in [5.74, 6) is 0. The molecular formula is C17H34N2O. The van der Waals surface area contributed by atoms with Gasteiger partial charge in [-0.2, -0.15) is 0 Å². The smallest absolute Gasteiger partial charge is 0.0589 e. The van der Waals surface area contributed by atoms with Crippen molar-refractivity contribution in [2.45, 2.75) is 82.8 Å². The average molecular weight is 282 g/mol. The number of ether oxygens (including phenoxy) is 1. The normalized spacial score (nSPS) is 28.4. The Morgan fingerprint density at radius 3 is 2.45 bits per heavy atom. The van der Waals surface area contributed by atoms with Crippen LogP contribution in [0.2, 0.25) is 0 Å². The van der Waals surface area contributed by atoms with Crippen molar-refractivity contribution in [1.82, 2.24) is 10.2 Å². The first-order chi connectivity index (χ1) is 9.86. The highest BCUT2D eigenvalue weighted by molar-refractivity contribution is 4.94. The minimum Gasteiger partial charge on any atom is -0.383 e. The molecule has 2 fully saturated rings. The minimum atomic E-state index is 0.702. The highest BCUT2D eigenvalue weighted by Gasteiger charge is 2.36. The maximum absolute atomic E-state index is 5.35. The third kappa shape index (κ3) is 5.01. The molecule has 2 atom stereocenters. The molecule has 20 heavy (non-hydrogen) atoms. The maximum atomic E-state index is 5.35. The molecule has 0 amide bonds. The monoisotopic (exact) mass is 282 g/mol. The van der Waals surface area contributed by atoms with Crippen LogP contribution in [0.5, 0.6) is 0 Å². The van der Waals surface area contributed by atoms with Gasteiger partial charge in [-0.3, -0.25) is 4.90 Å². The zero-order valence-electron chi connectivity index (χ0n) is 13.6. The van der Waals surface area contributed by atoms with Crippen molar-refractivity contribution in [2.24, 2.45) is 0 Å². The summed E-state index contributed by atoms with van der Waals surface area (Å²) in [5.41, 5.74) is 0. The van der Waals surface area contributed by atoms with Gasteiger partial charge in [-0.15, -0.1) is 0 Å². The molecule has 3 heteroatoms. The van der Waals surface area contributed by atoms with Crippen molar-refractivity contribution in [3.05, 3.63) is 0 Å². The van der Waals surface area contributed by atoms with E-state index in [4.69, 9.17) is 4.74 Å². The van der Waals surface area contributed by atoms with Gasteiger partial charge in [0.15, 0.2) is 0 Å². The predicted molar refractivity (Wildman–Crippen MR) is 85.2 cm³/mol. The first kappa shape index (κ1) is 16.3. The van der Waals surface area contributed by atoms with Gasteiger partial charge in [-0.25, -0.2) is 0 Å². The summed E-state index contributed by atoms with van der Waals surface area (Å²) in [7, 11) is 1.83. The number of nitrogens with zero attached hydrogens (tertiary/aromatic N) is 1. The molecule has 0 heterocycles. The number of hydrogen-bond donors (Lipinski definition) is 1. The molecule has 0 aromatic heterocycles. The fourth-order valence-electron chi connectivity index (χ4n) is 3.65. The van der Waals surface area contributed by atoms with Gasteiger partial charge in [-0.1, -0.05) is 32.6 Å². The van der Waals surface area contributed by atoms with Gasteiger partial charge in [0.1, 0.15) is 0 Å². The SMILES string of the molecule is CCCNC1CCCCCCC1N(CCOC)C1CC1. The van der Waals surface area contributed by atoms with Gasteiger partial charge in [0.05, 0.1) is 6.61 Å². The van der Waals surface area contributed by atoms with Crippen LogP contribution >= 0.6 is 0 Å². The number of nitrogens with one attached hydrogen (secondary N) is 1. The first-order valence-electron chi connectivity index (χ1n) is 8.85. The Morgan fingerprint density at radius 2 is 1.80 bits per heavy atom. The number of rotatable bonds is 8. The van der Waals surface area contributed by atoms with Crippen LogP contribution in [0.25, 0.3) is 0 Å². The van der Waals surface area contributed by atoms with E-state index in [2.05, 4.69) is 17.1 Å². The number of hydrogen-bond acceptors (Lipinski definition) is 3. The van der Waals surface area contributed by atoms with Gasteiger partial charge < -0.3 is 10.1 Å². The third-order valence-corrected chi connectivity index (χ3v) is 4.88. The molecule has 3 nitrogen and oxygen atoms in total. The fraction of sp³-hybridized carbons (Fsp3) is 1.00. The van der Waals surface area contributed by atoms with E-state index < -0.39 is 0 Å². The summed E-state index contributed by atoms with van der Waals surface area (Å²) in [4.78, 5) is 2.78. The van der Waals surface area contributed by atoms with Gasteiger partial charge >= 0.3 is 0 Å². The van der Waals surface area contributed by atoms with Crippen LogP contribution in [0.1, 0.15) is 64.7 Å². The third-order valence-electron chi connectivity index (χ3n) is 4.88. The molecule has 0 saturated heterocycles. The van der Waals surface area contributed by atoms with Crippen LogP contribution in [0, 0.1) is 0 Å². The Hall–Kier alpha value is -0.120. The fourth-order valence-corrected chi connectivity index (χ4v) is 3.65. The zero-order valence-corrected chi connectivity index (χ0v) is 13.6. The molecule has 118 valence electrons. The van der Waals surface area contributed by atoms with E-state index in [9.17, 15) is 0 Å². The molecular weight excluding hydrogens is 248 g/mol. The maximum Gasteiger partial charge on any atom is 0.0589 e. The Morgan fingerprint density at radius 1 is 1.05 bits per heavy atom. The molecule has 1 N–H and O–H groups in total. The van der Waals surface area contributed by atoms with Gasteiger partial charge in [0.25, 0.3) is 0 Å². The molecule has 0 radical (unpaired) electrons. The standard InChI is InChI=1S/C17H34N2O/c1-3-12-18-16-8-6-4-5-7-9-17(16)19(13-14-20-2)15-10-11-15/h15-18H,3-14H2,1-2H3. The lowest BCUT2D eigenvalue weighted by molar-refractivity contribution is 0.0840. The quantitative estimate of drug-likeness (QED) is 0.740. The topological polar surface area (TPSA) is 24.5 Å². The number of methoxy groups -OCH3 is 1.